The second kappa shape index (κ2) is 5.35. The van der Waals surface area contributed by atoms with Crippen molar-refractivity contribution in [3.8, 4) is 0 Å². The molecule has 0 bridgehead atoms. The first kappa shape index (κ1) is 12.8. The van der Waals surface area contributed by atoms with Crippen LogP contribution in [0.5, 0.6) is 0 Å². The van der Waals surface area contributed by atoms with E-state index in [0.29, 0.717) is 4.90 Å². The Kier molecular flexibility index (Phi) is 3.81. The topological polar surface area (TPSA) is 17.1 Å². The summed E-state index contributed by atoms with van der Waals surface area (Å²) in [5.41, 5.74) is 0.273. The van der Waals surface area contributed by atoms with Crippen molar-refractivity contribution in [3.63, 3.8) is 0 Å². The fourth-order valence-electron chi connectivity index (χ4n) is 1.54. The van der Waals surface area contributed by atoms with Crippen molar-refractivity contribution in [2.45, 2.75) is 10.6 Å². The van der Waals surface area contributed by atoms with E-state index in [-0.39, 0.29) is 11.3 Å². The van der Waals surface area contributed by atoms with Crippen LogP contribution < -0.4 is 0 Å². The summed E-state index contributed by atoms with van der Waals surface area (Å²) in [5, 5.41) is 0. The lowest BCUT2D eigenvalue weighted by atomic mass is 10.2. The van der Waals surface area contributed by atoms with Gasteiger partial charge in [-0.2, -0.15) is 0 Å². The van der Waals surface area contributed by atoms with Crippen molar-refractivity contribution >= 4 is 10.8 Å². The number of benzene rings is 2. The smallest absolute Gasteiger partial charge is 0.126 e. The molecule has 0 fully saturated rings. The van der Waals surface area contributed by atoms with Gasteiger partial charge in [-0.15, -0.1) is 0 Å². The van der Waals surface area contributed by atoms with Crippen LogP contribution in [0.4, 0.5) is 13.2 Å². The first-order valence-electron chi connectivity index (χ1n) is 5.13. The van der Waals surface area contributed by atoms with Crippen LogP contribution >= 0.6 is 0 Å². The summed E-state index contributed by atoms with van der Waals surface area (Å²) >= 11 is 0. The van der Waals surface area contributed by atoms with Crippen molar-refractivity contribution in [2.75, 3.05) is 0 Å². The van der Waals surface area contributed by atoms with E-state index in [1.54, 1.807) is 0 Å². The molecule has 0 aromatic heterocycles. The molecule has 2 aromatic rings. The second-order valence-corrected chi connectivity index (χ2v) is 5.18. The average molecular weight is 270 g/mol. The highest BCUT2D eigenvalue weighted by molar-refractivity contribution is 7.84. The molecule has 5 heteroatoms. The lowest BCUT2D eigenvalue weighted by molar-refractivity contribution is 0.581. The summed E-state index contributed by atoms with van der Waals surface area (Å²) in [4.78, 5) is 0.291. The number of rotatable bonds is 3. The predicted molar refractivity (Wildman–Crippen MR) is 62.9 cm³/mol. The molecule has 2 aromatic carbocycles. The molecular formula is C13H9F3OS. The van der Waals surface area contributed by atoms with Crippen LogP contribution in [0.2, 0.25) is 0 Å². The van der Waals surface area contributed by atoms with E-state index in [1.165, 1.54) is 18.2 Å². The third kappa shape index (κ3) is 3.20. The van der Waals surface area contributed by atoms with Gasteiger partial charge in [-0.3, -0.25) is 4.21 Å². The van der Waals surface area contributed by atoms with Crippen molar-refractivity contribution in [1.82, 2.24) is 0 Å². The van der Waals surface area contributed by atoms with Gasteiger partial charge in [0.25, 0.3) is 0 Å². The Morgan fingerprint density at radius 3 is 2.17 bits per heavy atom. The monoisotopic (exact) mass is 270 g/mol. The zero-order valence-electron chi connectivity index (χ0n) is 9.20. The molecule has 0 saturated heterocycles. The van der Waals surface area contributed by atoms with E-state index >= 15 is 0 Å². The lowest BCUT2D eigenvalue weighted by Gasteiger charge is -2.03. The van der Waals surface area contributed by atoms with Crippen LogP contribution in [-0.2, 0) is 16.6 Å². The van der Waals surface area contributed by atoms with E-state index in [0.717, 1.165) is 24.3 Å². The summed E-state index contributed by atoms with van der Waals surface area (Å²) in [6.45, 7) is 0. The molecule has 0 heterocycles. The van der Waals surface area contributed by atoms with E-state index in [4.69, 9.17) is 0 Å². The second-order valence-electron chi connectivity index (χ2n) is 3.72. The fraction of sp³-hybridized carbons (Fsp3) is 0.0769. The molecular weight excluding hydrogens is 261 g/mol. The first-order valence-corrected chi connectivity index (χ1v) is 6.45. The van der Waals surface area contributed by atoms with Crippen molar-refractivity contribution < 1.29 is 17.4 Å². The van der Waals surface area contributed by atoms with Gasteiger partial charge < -0.3 is 0 Å². The number of hydrogen-bond acceptors (Lipinski definition) is 1. The molecule has 1 unspecified atom stereocenters. The van der Waals surface area contributed by atoms with Crippen LogP contribution in [0.15, 0.2) is 47.4 Å². The van der Waals surface area contributed by atoms with Gasteiger partial charge in [0.1, 0.15) is 17.5 Å². The van der Waals surface area contributed by atoms with Gasteiger partial charge in [-0.1, -0.05) is 6.07 Å². The molecule has 1 atom stereocenters. The molecule has 0 aliphatic carbocycles. The highest BCUT2D eigenvalue weighted by Gasteiger charge is 2.08. The molecule has 0 aliphatic heterocycles. The summed E-state index contributed by atoms with van der Waals surface area (Å²) in [6.07, 6.45) is 0. The van der Waals surface area contributed by atoms with Crippen molar-refractivity contribution in [3.05, 3.63) is 65.5 Å². The Labute approximate surface area is 105 Å². The molecule has 0 radical (unpaired) electrons. The maximum atomic E-state index is 12.9. The lowest BCUT2D eigenvalue weighted by Crippen LogP contribution is -1.98. The maximum Gasteiger partial charge on any atom is 0.126 e. The first-order chi connectivity index (χ1) is 8.54. The maximum absolute atomic E-state index is 12.9. The van der Waals surface area contributed by atoms with E-state index in [1.807, 2.05) is 0 Å². The molecule has 0 saturated carbocycles. The van der Waals surface area contributed by atoms with Crippen LogP contribution in [0.1, 0.15) is 5.56 Å². The standard InChI is InChI=1S/C13H9F3OS/c14-10-2-1-3-13(7-10)18(17)8-9-4-11(15)6-12(16)5-9/h1-7H,8H2. The third-order valence-electron chi connectivity index (χ3n) is 2.28. The minimum atomic E-state index is -1.53. The van der Waals surface area contributed by atoms with Crippen LogP contribution in [0, 0.1) is 17.5 Å². The molecule has 2 rings (SSSR count). The Morgan fingerprint density at radius 1 is 0.889 bits per heavy atom. The van der Waals surface area contributed by atoms with Crippen molar-refractivity contribution in [2.24, 2.45) is 0 Å². The Morgan fingerprint density at radius 2 is 1.56 bits per heavy atom. The Bertz CT molecular complexity index is 578. The minimum Gasteiger partial charge on any atom is -0.254 e. The van der Waals surface area contributed by atoms with Gasteiger partial charge in [-0.25, -0.2) is 13.2 Å². The van der Waals surface area contributed by atoms with Gasteiger partial charge in [0.05, 0.1) is 16.6 Å². The van der Waals surface area contributed by atoms with E-state index in [9.17, 15) is 17.4 Å². The fourth-order valence-corrected chi connectivity index (χ4v) is 2.65. The molecule has 0 N–H and O–H groups in total. The molecule has 0 amide bonds. The summed E-state index contributed by atoms with van der Waals surface area (Å²) in [7, 11) is -1.53. The zero-order valence-corrected chi connectivity index (χ0v) is 10.0. The molecule has 18 heavy (non-hydrogen) atoms. The quantitative estimate of drug-likeness (QED) is 0.835. The largest absolute Gasteiger partial charge is 0.254 e. The van der Waals surface area contributed by atoms with Gasteiger partial charge in [0.15, 0.2) is 0 Å². The molecule has 0 aliphatic rings. The van der Waals surface area contributed by atoms with Crippen molar-refractivity contribution in [1.29, 1.82) is 0 Å². The summed E-state index contributed by atoms with van der Waals surface area (Å²) in [5.74, 6) is -1.99. The van der Waals surface area contributed by atoms with Crippen LogP contribution in [0.3, 0.4) is 0 Å². The normalized spacial score (nSPS) is 12.4. The van der Waals surface area contributed by atoms with Gasteiger partial charge in [0, 0.05) is 11.0 Å². The van der Waals surface area contributed by atoms with Crippen LogP contribution in [-0.4, -0.2) is 4.21 Å². The van der Waals surface area contributed by atoms with Crippen LogP contribution in [0.25, 0.3) is 0 Å². The SMILES string of the molecule is O=S(Cc1cc(F)cc(F)c1)c1cccc(F)c1. The third-order valence-corrected chi connectivity index (χ3v) is 3.65. The number of halogens is 3. The Balaban J connectivity index is 2.21. The van der Waals surface area contributed by atoms with Gasteiger partial charge >= 0.3 is 0 Å². The van der Waals surface area contributed by atoms with Gasteiger partial charge in [0.2, 0.25) is 0 Å². The molecule has 1 nitrogen and oxygen atoms in total. The highest BCUT2D eigenvalue weighted by atomic mass is 32.2. The molecule has 94 valence electrons. The summed E-state index contributed by atoms with van der Waals surface area (Å²) < 4.78 is 50.7. The Hall–Kier alpha value is -1.62. The molecule has 0 spiro atoms. The number of hydrogen-bond donors (Lipinski definition) is 0. The predicted octanol–water partition coefficient (Wildman–Crippen LogP) is 3.41. The highest BCUT2D eigenvalue weighted by Crippen LogP contribution is 2.15. The zero-order chi connectivity index (χ0) is 13.1. The average Bonchev–Trinajstić information content (AvgIpc) is 2.27. The van der Waals surface area contributed by atoms with E-state index in [2.05, 4.69) is 0 Å². The van der Waals surface area contributed by atoms with E-state index < -0.39 is 28.3 Å². The van der Waals surface area contributed by atoms with Gasteiger partial charge in [-0.05, 0) is 35.9 Å². The summed E-state index contributed by atoms with van der Waals surface area (Å²) in [6, 6.07) is 8.30. The minimum absolute atomic E-state index is 0.0574.